The first-order valence-electron chi connectivity index (χ1n) is 6.00. The van der Waals surface area contributed by atoms with Gasteiger partial charge < -0.3 is 4.74 Å². The molecule has 0 spiro atoms. The van der Waals surface area contributed by atoms with E-state index in [9.17, 15) is 9.59 Å². The lowest BCUT2D eigenvalue weighted by Crippen LogP contribution is -2.12. The van der Waals surface area contributed by atoms with Crippen LogP contribution >= 0.6 is 0 Å². The van der Waals surface area contributed by atoms with Crippen LogP contribution in [0.5, 0.6) is 0 Å². The maximum atomic E-state index is 11.8. The summed E-state index contributed by atoms with van der Waals surface area (Å²) in [7, 11) is 0. The van der Waals surface area contributed by atoms with E-state index in [-0.39, 0.29) is 24.5 Å². The van der Waals surface area contributed by atoms with Gasteiger partial charge in [-0.25, -0.2) is 4.68 Å². The van der Waals surface area contributed by atoms with Gasteiger partial charge >= 0.3 is 5.97 Å². The molecular weight excluding hydrogens is 244 g/mol. The van der Waals surface area contributed by atoms with Crippen LogP contribution in [0.25, 0.3) is 5.69 Å². The number of hydrogen-bond acceptors (Lipinski definition) is 4. The Labute approximate surface area is 110 Å². The standard InChI is InChI=1S/C14H14N2O3/c1-2-19-14(18)10-13(17)12-8-9-16(15-12)11-6-4-3-5-7-11/h3-9H,2,10H2,1H3. The SMILES string of the molecule is CCOC(=O)CC(=O)c1ccn(-c2ccccc2)n1. The van der Waals surface area contributed by atoms with E-state index >= 15 is 0 Å². The molecule has 0 saturated carbocycles. The monoisotopic (exact) mass is 258 g/mol. The fourth-order valence-electron chi connectivity index (χ4n) is 1.63. The van der Waals surface area contributed by atoms with Crippen LogP contribution in [0.3, 0.4) is 0 Å². The van der Waals surface area contributed by atoms with Crippen LogP contribution in [-0.2, 0) is 9.53 Å². The molecule has 0 N–H and O–H groups in total. The van der Waals surface area contributed by atoms with E-state index in [0.717, 1.165) is 5.69 Å². The van der Waals surface area contributed by atoms with Gasteiger partial charge in [0.25, 0.3) is 0 Å². The van der Waals surface area contributed by atoms with Crippen molar-refractivity contribution in [1.82, 2.24) is 9.78 Å². The van der Waals surface area contributed by atoms with E-state index < -0.39 is 5.97 Å². The molecule has 0 bridgehead atoms. The minimum atomic E-state index is -0.526. The minimum absolute atomic E-state index is 0.261. The average Bonchev–Trinajstić information content (AvgIpc) is 2.89. The number of hydrogen-bond donors (Lipinski definition) is 0. The number of carbonyl (C=O) groups excluding carboxylic acids is 2. The van der Waals surface area contributed by atoms with Crippen molar-refractivity contribution < 1.29 is 14.3 Å². The van der Waals surface area contributed by atoms with E-state index in [4.69, 9.17) is 4.74 Å². The van der Waals surface area contributed by atoms with Gasteiger partial charge in [-0.15, -0.1) is 0 Å². The predicted octanol–water partition coefficient (Wildman–Crippen LogP) is 2.01. The molecule has 2 rings (SSSR count). The summed E-state index contributed by atoms with van der Waals surface area (Å²) < 4.78 is 6.33. The highest BCUT2D eigenvalue weighted by atomic mass is 16.5. The molecule has 0 aliphatic heterocycles. The van der Waals surface area contributed by atoms with E-state index in [1.54, 1.807) is 23.9 Å². The molecule has 5 heteroatoms. The zero-order valence-corrected chi connectivity index (χ0v) is 10.6. The Morgan fingerprint density at radius 2 is 1.95 bits per heavy atom. The van der Waals surface area contributed by atoms with Crippen LogP contribution in [-0.4, -0.2) is 28.1 Å². The highest BCUT2D eigenvalue weighted by Crippen LogP contribution is 2.08. The molecule has 0 fully saturated rings. The van der Waals surface area contributed by atoms with Gasteiger partial charge in [0.1, 0.15) is 12.1 Å². The third-order valence-electron chi connectivity index (χ3n) is 2.51. The zero-order chi connectivity index (χ0) is 13.7. The number of ether oxygens (including phenoxy) is 1. The molecule has 98 valence electrons. The summed E-state index contributed by atoms with van der Waals surface area (Å²) in [5.74, 6) is -0.866. The lowest BCUT2D eigenvalue weighted by Gasteiger charge is -2.00. The number of ketones is 1. The molecule has 19 heavy (non-hydrogen) atoms. The van der Waals surface area contributed by atoms with Crippen LogP contribution in [0.2, 0.25) is 0 Å². The highest BCUT2D eigenvalue weighted by Gasteiger charge is 2.15. The van der Waals surface area contributed by atoms with Gasteiger partial charge in [-0.3, -0.25) is 9.59 Å². The number of carbonyl (C=O) groups is 2. The Bertz CT molecular complexity index is 575. The van der Waals surface area contributed by atoms with Crippen LogP contribution in [0.15, 0.2) is 42.6 Å². The second kappa shape index (κ2) is 5.95. The molecule has 0 aliphatic carbocycles. The number of rotatable bonds is 5. The maximum Gasteiger partial charge on any atom is 0.313 e. The Balaban J connectivity index is 2.09. The molecule has 1 heterocycles. The summed E-state index contributed by atoms with van der Waals surface area (Å²) in [5, 5.41) is 4.15. The van der Waals surface area contributed by atoms with Gasteiger partial charge in [0.15, 0.2) is 5.78 Å². The first-order chi connectivity index (χ1) is 9.20. The molecule has 0 saturated heterocycles. The lowest BCUT2D eigenvalue weighted by atomic mass is 10.2. The number of aromatic nitrogens is 2. The number of esters is 1. The fourth-order valence-corrected chi connectivity index (χ4v) is 1.63. The summed E-state index contributed by atoms with van der Waals surface area (Å²) in [6.07, 6.45) is 1.41. The molecule has 1 aromatic carbocycles. The van der Waals surface area contributed by atoms with E-state index in [1.165, 1.54) is 0 Å². The second-order valence-electron chi connectivity index (χ2n) is 3.89. The lowest BCUT2D eigenvalue weighted by molar-refractivity contribution is -0.141. The zero-order valence-electron chi connectivity index (χ0n) is 10.6. The van der Waals surface area contributed by atoms with Crippen molar-refractivity contribution in [3.63, 3.8) is 0 Å². The molecule has 0 aliphatic rings. The normalized spacial score (nSPS) is 10.2. The van der Waals surface area contributed by atoms with Crippen LogP contribution in [0.4, 0.5) is 0 Å². The largest absolute Gasteiger partial charge is 0.466 e. The highest BCUT2D eigenvalue weighted by molar-refractivity contribution is 6.04. The first-order valence-corrected chi connectivity index (χ1v) is 6.00. The summed E-state index contributed by atoms with van der Waals surface area (Å²) in [6.45, 7) is 1.97. The molecule has 1 aromatic heterocycles. The van der Waals surface area contributed by atoms with Crippen molar-refractivity contribution in [1.29, 1.82) is 0 Å². The van der Waals surface area contributed by atoms with Gasteiger partial charge in [0.2, 0.25) is 0 Å². The van der Waals surface area contributed by atoms with E-state index in [1.807, 2.05) is 30.3 Å². The quantitative estimate of drug-likeness (QED) is 0.467. The molecule has 0 unspecified atom stereocenters. The number of para-hydroxylation sites is 1. The Kier molecular flexibility index (Phi) is 4.07. The van der Waals surface area contributed by atoms with Gasteiger partial charge in [-0.05, 0) is 25.1 Å². The molecule has 0 amide bonds. The Morgan fingerprint density at radius 3 is 2.63 bits per heavy atom. The van der Waals surface area contributed by atoms with Crippen LogP contribution in [0.1, 0.15) is 23.8 Å². The van der Waals surface area contributed by atoms with Crippen LogP contribution < -0.4 is 0 Å². The summed E-state index contributed by atoms with van der Waals surface area (Å²) >= 11 is 0. The topological polar surface area (TPSA) is 61.2 Å². The van der Waals surface area contributed by atoms with E-state index in [2.05, 4.69) is 5.10 Å². The molecule has 2 aromatic rings. The van der Waals surface area contributed by atoms with Gasteiger partial charge in [-0.2, -0.15) is 5.10 Å². The summed E-state index contributed by atoms with van der Waals surface area (Å²) in [4.78, 5) is 23.0. The number of Topliss-reactive ketones (excluding diaryl/α,β-unsaturated/α-hetero) is 1. The van der Waals surface area contributed by atoms with Crippen molar-refractivity contribution in [2.75, 3.05) is 6.61 Å². The molecule has 0 radical (unpaired) electrons. The van der Waals surface area contributed by atoms with Crippen molar-refractivity contribution in [3.8, 4) is 5.69 Å². The summed E-state index contributed by atoms with van der Waals surface area (Å²) in [5.41, 5.74) is 1.12. The first kappa shape index (κ1) is 13.0. The fraction of sp³-hybridized carbons (Fsp3) is 0.214. The van der Waals surface area contributed by atoms with Gasteiger partial charge in [0.05, 0.1) is 12.3 Å². The third kappa shape index (κ3) is 3.28. The van der Waals surface area contributed by atoms with Gasteiger partial charge in [0, 0.05) is 6.20 Å². The smallest absolute Gasteiger partial charge is 0.313 e. The number of nitrogens with zero attached hydrogens (tertiary/aromatic N) is 2. The van der Waals surface area contributed by atoms with Crippen molar-refractivity contribution in [3.05, 3.63) is 48.3 Å². The maximum absolute atomic E-state index is 11.8. The molecule has 5 nitrogen and oxygen atoms in total. The number of benzene rings is 1. The molecule has 0 atom stereocenters. The Hall–Kier alpha value is -2.43. The second-order valence-corrected chi connectivity index (χ2v) is 3.89. The molecular formula is C14H14N2O3. The van der Waals surface area contributed by atoms with Crippen molar-refractivity contribution in [2.45, 2.75) is 13.3 Å². The van der Waals surface area contributed by atoms with E-state index in [0.29, 0.717) is 0 Å². The van der Waals surface area contributed by atoms with Crippen molar-refractivity contribution in [2.24, 2.45) is 0 Å². The van der Waals surface area contributed by atoms with Crippen LogP contribution in [0, 0.1) is 0 Å². The average molecular weight is 258 g/mol. The third-order valence-corrected chi connectivity index (χ3v) is 2.51. The van der Waals surface area contributed by atoms with Gasteiger partial charge in [-0.1, -0.05) is 18.2 Å². The minimum Gasteiger partial charge on any atom is -0.466 e. The Morgan fingerprint density at radius 1 is 1.21 bits per heavy atom. The summed E-state index contributed by atoms with van der Waals surface area (Å²) in [6, 6.07) is 11.0. The predicted molar refractivity (Wildman–Crippen MR) is 69.1 cm³/mol. The van der Waals surface area contributed by atoms with Crippen molar-refractivity contribution >= 4 is 11.8 Å².